The summed E-state index contributed by atoms with van der Waals surface area (Å²) < 4.78 is 1.96. The molecule has 0 aliphatic heterocycles. The summed E-state index contributed by atoms with van der Waals surface area (Å²) in [6, 6.07) is 0. The quantitative estimate of drug-likeness (QED) is 0.723. The van der Waals surface area contributed by atoms with Crippen LogP contribution in [0.15, 0.2) is 6.20 Å². The average molecular weight is 185 g/mol. The van der Waals surface area contributed by atoms with Crippen molar-refractivity contribution in [2.75, 3.05) is 17.7 Å². The Morgan fingerprint density at radius 2 is 2.42 bits per heavy atom. The molecule has 1 aromatic rings. The van der Waals surface area contributed by atoms with Gasteiger partial charge in [-0.05, 0) is 25.4 Å². The molecule has 2 N–H and O–H groups in total. The molecule has 0 amide bonds. The van der Waals surface area contributed by atoms with Crippen LogP contribution < -0.4 is 5.73 Å². The van der Waals surface area contributed by atoms with E-state index in [4.69, 9.17) is 5.73 Å². The minimum atomic E-state index is 0.791. The van der Waals surface area contributed by atoms with Crippen LogP contribution in [0, 0.1) is 6.92 Å². The van der Waals surface area contributed by atoms with Crippen molar-refractivity contribution in [2.45, 2.75) is 19.9 Å². The summed E-state index contributed by atoms with van der Waals surface area (Å²) >= 11 is 1.86. The Hall–Kier alpha value is -0.640. The van der Waals surface area contributed by atoms with Gasteiger partial charge >= 0.3 is 0 Å². The maximum Gasteiger partial charge on any atom is 0.0730 e. The third-order valence-electron chi connectivity index (χ3n) is 1.86. The first kappa shape index (κ1) is 9.45. The van der Waals surface area contributed by atoms with Gasteiger partial charge in [-0.15, -0.1) is 0 Å². The summed E-state index contributed by atoms with van der Waals surface area (Å²) in [6.45, 7) is 2.98. The maximum absolute atomic E-state index is 5.66. The summed E-state index contributed by atoms with van der Waals surface area (Å²) in [7, 11) is 0. The van der Waals surface area contributed by atoms with Gasteiger partial charge in [0.1, 0.15) is 0 Å². The van der Waals surface area contributed by atoms with E-state index in [0.717, 1.165) is 24.3 Å². The van der Waals surface area contributed by atoms with Crippen LogP contribution >= 0.6 is 11.8 Å². The second-order valence-electron chi connectivity index (χ2n) is 2.75. The number of hydrogen-bond donors (Lipinski definition) is 1. The molecule has 68 valence electrons. The van der Waals surface area contributed by atoms with E-state index in [9.17, 15) is 0 Å². The molecule has 0 saturated carbocycles. The van der Waals surface area contributed by atoms with Crippen LogP contribution in [0.2, 0.25) is 0 Å². The molecule has 1 aromatic heterocycles. The summed E-state index contributed by atoms with van der Waals surface area (Å²) in [5.74, 6) is 1.18. The lowest BCUT2D eigenvalue weighted by atomic mass is 10.4. The molecular formula is C8H15N3S. The van der Waals surface area contributed by atoms with E-state index in [1.165, 1.54) is 5.75 Å². The second kappa shape index (κ2) is 4.40. The fourth-order valence-electron chi connectivity index (χ4n) is 1.05. The number of nitrogens with two attached hydrogens (primary N) is 1. The van der Waals surface area contributed by atoms with Crippen LogP contribution in [0.1, 0.15) is 12.1 Å². The van der Waals surface area contributed by atoms with Gasteiger partial charge in [-0.2, -0.15) is 16.9 Å². The molecule has 0 spiro atoms. The predicted molar refractivity (Wildman–Crippen MR) is 54.4 cm³/mol. The lowest BCUT2D eigenvalue weighted by Crippen LogP contribution is -2.03. The molecule has 1 heterocycles. The van der Waals surface area contributed by atoms with Crippen molar-refractivity contribution < 1.29 is 0 Å². The van der Waals surface area contributed by atoms with Crippen LogP contribution in [0.25, 0.3) is 0 Å². The Kier molecular flexibility index (Phi) is 3.47. The Morgan fingerprint density at radius 1 is 1.67 bits per heavy atom. The van der Waals surface area contributed by atoms with E-state index in [1.807, 2.05) is 23.4 Å². The topological polar surface area (TPSA) is 43.8 Å². The molecule has 1 rings (SSSR count). The smallest absolute Gasteiger partial charge is 0.0730 e. The van der Waals surface area contributed by atoms with Crippen LogP contribution in [0.4, 0.5) is 5.69 Å². The number of rotatable bonds is 4. The van der Waals surface area contributed by atoms with Gasteiger partial charge in [0.2, 0.25) is 0 Å². The SMILES string of the molecule is CSCCCn1ncc(N)c1C. The zero-order chi connectivity index (χ0) is 8.97. The molecule has 12 heavy (non-hydrogen) atoms. The zero-order valence-corrected chi connectivity index (χ0v) is 8.40. The Labute approximate surface area is 77.3 Å². The van der Waals surface area contributed by atoms with Gasteiger partial charge in [-0.3, -0.25) is 4.68 Å². The Morgan fingerprint density at radius 3 is 2.92 bits per heavy atom. The molecule has 0 aliphatic carbocycles. The molecule has 0 atom stereocenters. The highest BCUT2D eigenvalue weighted by Crippen LogP contribution is 2.09. The number of aromatic nitrogens is 2. The van der Waals surface area contributed by atoms with Crippen LogP contribution in [-0.4, -0.2) is 21.8 Å². The molecule has 0 unspecified atom stereocenters. The van der Waals surface area contributed by atoms with Gasteiger partial charge in [0, 0.05) is 6.54 Å². The summed E-state index contributed by atoms with van der Waals surface area (Å²) in [5, 5.41) is 4.17. The highest BCUT2D eigenvalue weighted by molar-refractivity contribution is 7.98. The van der Waals surface area contributed by atoms with Crippen molar-refractivity contribution in [3.63, 3.8) is 0 Å². The minimum Gasteiger partial charge on any atom is -0.396 e. The van der Waals surface area contributed by atoms with E-state index in [-0.39, 0.29) is 0 Å². The van der Waals surface area contributed by atoms with Crippen LogP contribution in [-0.2, 0) is 6.54 Å². The van der Waals surface area contributed by atoms with Gasteiger partial charge in [0.05, 0.1) is 17.6 Å². The van der Waals surface area contributed by atoms with Crippen molar-refractivity contribution >= 4 is 17.4 Å². The van der Waals surface area contributed by atoms with Gasteiger partial charge in [-0.1, -0.05) is 0 Å². The lowest BCUT2D eigenvalue weighted by molar-refractivity contribution is 0.591. The first-order chi connectivity index (χ1) is 5.75. The van der Waals surface area contributed by atoms with Gasteiger partial charge in [0.25, 0.3) is 0 Å². The molecule has 0 aromatic carbocycles. The molecule has 0 bridgehead atoms. The normalized spacial score (nSPS) is 10.5. The minimum absolute atomic E-state index is 0.791. The van der Waals surface area contributed by atoms with E-state index in [0.29, 0.717) is 0 Å². The van der Waals surface area contributed by atoms with Crippen molar-refractivity contribution in [2.24, 2.45) is 0 Å². The first-order valence-electron chi connectivity index (χ1n) is 4.02. The average Bonchev–Trinajstić information content (AvgIpc) is 2.36. The molecule has 0 fully saturated rings. The molecule has 0 aliphatic rings. The van der Waals surface area contributed by atoms with E-state index >= 15 is 0 Å². The molecular weight excluding hydrogens is 170 g/mol. The maximum atomic E-state index is 5.66. The van der Waals surface area contributed by atoms with Gasteiger partial charge < -0.3 is 5.73 Å². The monoisotopic (exact) mass is 185 g/mol. The van der Waals surface area contributed by atoms with Crippen LogP contribution in [0.5, 0.6) is 0 Å². The summed E-state index contributed by atoms with van der Waals surface area (Å²) in [4.78, 5) is 0. The van der Waals surface area contributed by atoms with Crippen LogP contribution in [0.3, 0.4) is 0 Å². The molecule has 3 nitrogen and oxygen atoms in total. The molecule has 0 radical (unpaired) electrons. The third kappa shape index (κ3) is 2.17. The number of nitrogen functional groups attached to an aromatic ring is 1. The fraction of sp³-hybridized carbons (Fsp3) is 0.625. The lowest BCUT2D eigenvalue weighted by Gasteiger charge is -2.02. The van der Waals surface area contributed by atoms with Crippen molar-refractivity contribution in [3.05, 3.63) is 11.9 Å². The molecule has 0 saturated heterocycles. The van der Waals surface area contributed by atoms with Crippen molar-refractivity contribution in [1.82, 2.24) is 9.78 Å². The number of hydrogen-bond acceptors (Lipinski definition) is 3. The first-order valence-corrected chi connectivity index (χ1v) is 5.42. The Balaban J connectivity index is 2.46. The van der Waals surface area contributed by atoms with Gasteiger partial charge in [-0.25, -0.2) is 0 Å². The van der Waals surface area contributed by atoms with E-state index in [1.54, 1.807) is 6.20 Å². The summed E-state index contributed by atoms with van der Waals surface area (Å²) in [6.07, 6.45) is 4.99. The van der Waals surface area contributed by atoms with Gasteiger partial charge in [0.15, 0.2) is 0 Å². The highest BCUT2D eigenvalue weighted by atomic mass is 32.2. The highest BCUT2D eigenvalue weighted by Gasteiger charge is 2.00. The predicted octanol–water partition coefficient (Wildman–Crippen LogP) is 1.53. The number of thioether (sulfide) groups is 1. The van der Waals surface area contributed by atoms with Crippen molar-refractivity contribution in [1.29, 1.82) is 0 Å². The zero-order valence-electron chi connectivity index (χ0n) is 7.58. The van der Waals surface area contributed by atoms with E-state index < -0.39 is 0 Å². The standard InChI is InChI=1S/C8H15N3S/c1-7-8(9)6-10-11(7)4-3-5-12-2/h6H,3-5,9H2,1-2H3. The summed E-state index contributed by atoms with van der Waals surface area (Å²) in [5.41, 5.74) is 7.53. The molecule has 4 heteroatoms. The second-order valence-corrected chi connectivity index (χ2v) is 3.74. The fourth-order valence-corrected chi connectivity index (χ4v) is 1.46. The van der Waals surface area contributed by atoms with E-state index in [2.05, 4.69) is 11.4 Å². The number of anilines is 1. The third-order valence-corrected chi connectivity index (χ3v) is 2.56. The largest absolute Gasteiger partial charge is 0.396 e. The number of aryl methyl sites for hydroxylation is 1. The van der Waals surface area contributed by atoms with Crippen molar-refractivity contribution in [3.8, 4) is 0 Å². The number of nitrogens with zero attached hydrogens (tertiary/aromatic N) is 2. The Bertz CT molecular complexity index is 244.